The normalized spacial score (nSPS) is 10.2. The summed E-state index contributed by atoms with van der Waals surface area (Å²) in [6.45, 7) is 0. The Labute approximate surface area is 71.2 Å². The van der Waals surface area contributed by atoms with Crippen LogP contribution in [0.25, 0.3) is 11.2 Å². The Morgan fingerprint density at radius 1 is 1.54 bits per heavy atom. The van der Waals surface area contributed by atoms with Crippen LogP contribution in [0.2, 0.25) is 0 Å². The number of hydrogen-bond donors (Lipinski definition) is 1. The number of nitroso groups, excluding NO2 is 1. The van der Waals surface area contributed by atoms with E-state index in [2.05, 4.69) is 25.1 Å². The fourth-order valence-corrected chi connectivity index (χ4v) is 0.906. The fourth-order valence-electron chi connectivity index (χ4n) is 0.906. The molecule has 0 radical (unpaired) electrons. The van der Waals surface area contributed by atoms with Gasteiger partial charge in [-0.25, -0.2) is 15.0 Å². The van der Waals surface area contributed by atoms with Gasteiger partial charge in [0.2, 0.25) is 5.82 Å². The number of fused-ring (bicyclic) bond motifs is 1. The van der Waals surface area contributed by atoms with Gasteiger partial charge in [-0.1, -0.05) is 0 Å². The smallest absolute Gasteiger partial charge is 0.331 e. The lowest BCUT2D eigenvalue weighted by molar-refractivity contribution is 0.0992. The highest BCUT2D eigenvalue weighted by Gasteiger charge is 2.11. The first-order valence-corrected chi connectivity index (χ1v) is 3.34. The Balaban J connectivity index is 2.62. The van der Waals surface area contributed by atoms with Crippen LogP contribution in [-0.2, 0) is 0 Å². The molecule has 2 heterocycles. The molecule has 0 saturated heterocycles. The van der Waals surface area contributed by atoms with Gasteiger partial charge in [0.1, 0.15) is 11.8 Å². The molecule has 2 aromatic rings. The van der Waals surface area contributed by atoms with Crippen molar-refractivity contribution in [1.82, 2.24) is 19.9 Å². The summed E-state index contributed by atoms with van der Waals surface area (Å²) in [6.07, 6.45) is 2.75. The summed E-state index contributed by atoms with van der Waals surface area (Å²) in [5.41, 5.74) is 0.830. The molecule has 0 atom stereocenters. The van der Waals surface area contributed by atoms with E-state index >= 15 is 0 Å². The Morgan fingerprint density at radius 3 is 3.08 bits per heavy atom. The number of rotatable bonds is 1. The first kappa shape index (κ1) is 7.47. The molecule has 2 aromatic heterocycles. The number of imidazole rings is 1. The number of carbonyl (C=O) groups is 1. The van der Waals surface area contributed by atoms with Gasteiger partial charge in [-0.15, -0.1) is 4.91 Å². The molecule has 2 rings (SSSR count). The van der Waals surface area contributed by atoms with Crippen molar-refractivity contribution in [3.05, 3.63) is 23.3 Å². The average Bonchev–Trinajstić information content (AvgIpc) is 2.59. The van der Waals surface area contributed by atoms with Crippen molar-refractivity contribution in [2.45, 2.75) is 0 Å². The van der Waals surface area contributed by atoms with Crippen molar-refractivity contribution in [2.24, 2.45) is 5.18 Å². The van der Waals surface area contributed by atoms with E-state index in [0.29, 0.717) is 11.2 Å². The topological polar surface area (TPSA) is 101 Å². The van der Waals surface area contributed by atoms with Crippen LogP contribution >= 0.6 is 0 Å². The molecule has 0 fully saturated rings. The lowest BCUT2D eigenvalue weighted by Crippen LogP contribution is -1.95. The third-order valence-electron chi connectivity index (χ3n) is 1.45. The van der Waals surface area contributed by atoms with Gasteiger partial charge in [0, 0.05) is 5.18 Å². The minimum atomic E-state index is -0.946. The van der Waals surface area contributed by atoms with Crippen LogP contribution in [0.4, 0.5) is 0 Å². The fraction of sp³-hybridized carbons (Fsp3) is 0. The predicted molar refractivity (Wildman–Crippen MR) is 41.8 cm³/mol. The van der Waals surface area contributed by atoms with Gasteiger partial charge in [-0.2, -0.15) is 0 Å². The minimum Gasteiger partial charge on any atom is -0.331 e. The molecule has 0 spiro atoms. The summed E-state index contributed by atoms with van der Waals surface area (Å²) < 4.78 is 0. The largest absolute Gasteiger partial charge is 0.351 e. The Bertz CT molecular complexity index is 444. The third kappa shape index (κ3) is 1.15. The molecule has 0 aliphatic carbocycles. The monoisotopic (exact) mass is 177 g/mol. The van der Waals surface area contributed by atoms with E-state index in [1.807, 2.05) is 0 Å². The van der Waals surface area contributed by atoms with Gasteiger partial charge in [-0.3, -0.25) is 4.79 Å². The number of H-pyrrole nitrogens is 1. The van der Waals surface area contributed by atoms with Gasteiger partial charge in [0.15, 0.2) is 5.65 Å². The van der Waals surface area contributed by atoms with E-state index < -0.39 is 5.91 Å². The second kappa shape index (κ2) is 2.70. The van der Waals surface area contributed by atoms with Gasteiger partial charge in [-0.05, 0) is 0 Å². The second-order valence-electron chi connectivity index (χ2n) is 2.24. The van der Waals surface area contributed by atoms with Crippen LogP contribution < -0.4 is 0 Å². The van der Waals surface area contributed by atoms with Crippen LogP contribution in [0.5, 0.6) is 0 Å². The molecule has 1 amide bonds. The number of aromatic amines is 1. The summed E-state index contributed by atoms with van der Waals surface area (Å²) >= 11 is 0. The maximum atomic E-state index is 10.8. The highest BCUT2D eigenvalue weighted by molar-refractivity contribution is 5.93. The van der Waals surface area contributed by atoms with E-state index in [9.17, 15) is 9.70 Å². The number of amides is 1. The molecular weight excluding hydrogens is 174 g/mol. The van der Waals surface area contributed by atoms with Crippen LogP contribution in [0.1, 0.15) is 10.6 Å². The Hall–Kier alpha value is -2.18. The number of nitrogens with zero attached hydrogens (tertiary/aromatic N) is 4. The van der Waals surface area contributed by atoms with E-state index in [1.165, 1.54) is 12.5 Å². The van der Waals surface area contributed by atoms with E-state index in [1.54, 1.807) is 0 Å². The maximum absolute atomic E-state index is 10.8. The van der Waals surface area contributed by atoms with Crippen LogP contribution in [0.15, 0.2) is 17.7 Å². The van der Waals surface area contributed by atoms with Gasteiger partial charge in [0.25, 0.3) is 0 Å². The molecule has 7 nitrogen and oxygen atoms in total. The second-order valence-corrected chi connectivity index (χ2v) is 2.24. The molecule has 0 saturated carbocycles. The van der Waals surface area contributed by atoms with Crippen molar-refractivity contribution in [3.63, 3.8) is 0 Å². The highest BCUT2D eigenvalue weighted by Crippen LogP contribution is 2.06. The van der Waals surface area contributed by atoms with Crippen molar-refractivity contribution in [3.8, 4) is 0 Å². The highest BCUT2D eigenvalue weighted by atomic mass is 16.3. The van der Waals surface area contributed by atoms with Crippen molar-refractivity contribution in [1.29, 1.82) is 0 Å². The van der Waals surface area contributed by atoms with Crippen molar-refractivity contribution in [2.75, 3.05) is 0 Å². The summed E-state index contributed by atoms with van der Waals surface area (Å²) in [4.78, 5) is 34.4. The lowest BCUT2D eigenvalue weighted by Gasteiger charge is -1.80. The summed E-state index contributed by atoms with van der Waals surface area (Å²) in [7, 11) is 0. The molecule has 0 unspecified atom stereocenters. The molecule has 0 aliphatic heterocycles. The molecule has 1 N–H and O–H groups in total. The molecule has 64 valence electrons. The Morgan fingerprint density at radius 2 is 2.38 bits per heavy atom. The zero-order valence-corrected chi connectivity index (χ0v) is 6.26. The third-order valence-corrected chi connectivity index (χ3v) is 1.45. The van der Waals surface area contributed by atoms with E-state index in [0.717, 1.165) is 0 Å². The van der Waals surface area contributed by atoms with Crippen LogP contribution in [-0.4, -0.2) is 25.8 Å². The van der Waals surface area contributed by atoms with E-state index in [4.69, 9.17) is 0 Å². The van der Waals surface area contributed by atoms with Gasteiger partial charge >= 0.3 is 5.91 Å². The number of aromatic nitrogens is 4. The number of hydrogen-bond acceptors (Lipinski definition) is 5. The molecule has 0 aromatic carbocycles. The zero-order valence-electron chi connectivity index (χ0n) is 6.26. The molecule has 7 heteroatoms. The first-order chi connectivity index (χ1) is 6.31. The molecular formula is C6H3N5O2. The average molecular weight is 177 g/mol. The quantitative estimate of drug-likeness (QED) is 0.629. The SMILES string of the molecule is O=NC(=O)c1nc2ncncc2[nH]1. The first-order valence-electron chi connectivity index (χ1n) is 3.34. The van der Waals surface area contributed by atoms with Crippen molar-refractivity contribution < 1.29 is 4.79 Å². The predicted octanol–water partition coefficient (Wildman–Crippen LogP) is 0.259. The number of carbonyl (C=O) groups excluding carboxylic acids is 1. The summed E-state index contributed by atoms with van der Waals surface area (Å²) in [6, 6.07) is 0. The number of nitrogens with one attached hydrogen (secondary N) is 1. The summed E-state index contributed by atoms with van der Waals surface area (Å²) in [5.74, 6) is -1.07. The van der Waals surface area contributed by atoms with Crippen molar-refractivity contribution >= 4 is 17.1 Å². The van der Waals surface area contributed by atoms with Gasteiger partial charge in [0.05, 0.1) is 6.20 Å². The Kier molecular flexibility index (Phi) is 1.55. The standard InChI is InChI=1S/C6H3N5O2/c12-6(11-13)5-9-3-1-7-2-8-4(3)10-5/h1-2H,(H,7,8,9,10). The molecule has 13 heavy (non-hydrogen) atoms. The maximum Gasteiger partial charge on any atom is 0.351 e. The van der Waals surface area contributed by atoms with Crippen LogP contribution in [0, 0.1) is 4.91 Å². The molecule has 0 aliphatic rings. The minimum absolute atomic E-state index is 0.120. The molecule has 0 bridgehead atoms. The lowest BCUT2D eigenvalue weighted by atomic mass is 10.6. The van der Waals surface area contributed by atoms with Gasteiger partial charge < -0.3 is 4.98 Å². The summed E-state index contributed by atoms with van der Waals surface area (Å²) in [5, 5.41) is 2.22. The van der Waals surface area contributed by atoms with E-state index in [-0.39, 0.29) is 5.82 Å². The van der Waals surface area contributed by atoms with Crippen LogP contribution in [0.3, 0.4) is 0 Å². The zero-order chi connectivity index (χ0) is 9.26.